The second-order valence-corrected chi connectivity index (χ2v) is 4.18. The van der Waals surface area contributed by atoms with Crippen LogP contribution in [-0.4, -0.2) is 31.3 Å². The fraction of sp³-hybridized carbons (Fsp3) is 0.545. The first-order valence-electron chi connectivity index (χ1n) is 5.84. The normalized spacial score (nSPS) is 10.9. The van der Waals surface area contributed by atoms with Gasteiger partial charge in [0, 0.05) is 25.0 Å². The van der Waals surface area contributed by atoms with Crippen molar-refractivity contribution in [2.75, 3.05) is 6.54 Å². The van der Waals surface area contributed by atoms with Crippen LogP contribution in [0.3, 0.4) is 0 Å². The number of hydrogen-bond acceptors (Lipinski definition) is 4. The minimum absolute atomic E-state index is 0.720. The van der Waals surface area contributed by atoms with E-state index in [1.54, 1.807) is 4.68 Å². The highest BCUT2D eigenvalue weighted by Gasteiger charge is 2.02. The molecule has 0 atom stereocenters. The molecule has 0 amide bonds. The maximum atomic E-state index is 5.45. The van der Waals surface area contributed by atoms with E-state index in [1.807, 2.05) is 30.3 Å². The molecule has 0 fully saturated rings. The van der Waals surface area contributed by atoms with Crippen LogP contribution in [0.25, 0.3) is 0 Å². The van der Waals surface area contributed by atoms with E-state index in [0.717, 1.165) is 43.6 Å². The molecule has 92 valence electrons. The van der Waals surface area contributed by atoms with Crippen molar-refractivity contribution in [3.8, 4) is 0 Å². The average molecular weight is 234 g/mol. The predicted molar refractivity (Wildman–Crippen MR) is 64.3 cm³/mol. The lowest BCUT2D eigenvalue weighted by Gasteiger charge is -1.95. The van der Waals surface area contributed by atoms with Gasteiger partial charge in [0.1, 0.15) is 0 Å². The van der Waals surface area contributed by atoms with Crippen molar-refractivity contribution in [3.05, 3.63) is 29.8 Å². The van der Waals surface area contributed by atoms with Crippen molar-refractivity contribution in [1.82, 2.24) is 24.8 Å². The van der Waals surface area contributed by atoms with Crippen molar-refractivity contribution in [1.29, 1.82) is 0 Å². The first kappa shape index (κ1) is 11.8. The zero-order valence-corrected chi connectivity index (χ0v) is 10.1. The summed E-state index contributed by atoms with van der Waals surface area (Å²) in [6, 6.07) is 0. The molecule has 0 radical (unpaired) electrons. The monoisotopic (exact) mass is 234 g/mol. The van der Waals surface area contributed by atoms with Gasteiger partial charge in [0.2, 0.25) is 0 Å². The Labute approximate surface area is 100 Å². The summed E-state index contributed by atoms with van der Waals surface area (Å²) < 4.78 is 3.63. The fourth-order valence-electron chi connectivity index (χ4n) is 1.72. The van der Waals surface area contributed by atoms with Gasteiger partial charge >= 0.3 is 0 Å². The van der Waals surface area contributed by atoms with Gasteiger partial charge in [-0.3, -0.25) is 4.68 Å². The van der Waals surface area contributed by atoms with Crippen LogP contribution in [-0.2, 0) is 20.0 Å². The first-order chi connectivity index (χ1) is 8.28. The molecule has 2 N–H and O–H groups in total. The molecule has 2 aromatic rings. The lowest BCUT2D eigenvalue weighted by Crippen LogP contribution is -1.99. The predicted octanol–water partition coefficient (Wildman–Crippen LogP) is 0.341. The second-order valence-electron chi connectivity index (χ2n) is 4.18. The Balaban J connectivity index is 1.89. The molecule has 6 nitrogen and oxygen atoms in total. The van der Waals surface area contributed by atoms with Crippen LogP contribution in [0.1, 0.15) is 24.1 Å². The molecule has 0 saturated carbocycles. The van der Waals surface area contributed by atoms with E-state index in [9.17, 15) is 0 Å². The van der Waals surface area contributed by atoms with E-state index < -0.39 is 0 Å². The minimum atomic E-state index is 0.720. The molecule has 2 aromatic heterocycles. The lowest BCUT2D eigenvalue weighted by molar-refractivity contribution is 0.648. The Kier molecular flexibility index (Phi) is 3.87. The molecule has 0 saturated heterocycles. The van der Waals surface area contributed by atoms with E-state index in [4.69, 9.17) is 5.73 Å². The molecule has 0 spiro atoms. The van der Waals surface area contributed by atoms with Gasteiger partial charge in [-0.15, -0.1) is 5.10 Å². The first-order valence-corrected chi connectivity index (χ1v) is 5.84. The van der Waals surface area contributed by atoms with E-state index in [2.05, 4.69) is 15.4 Å². The van der Waals surface area contributed by atoms with Crippen molar-refractivity contribution in [2.24, 2.45) is 12.8 Å². The highest BCUT2D eigenvalue weighted by atomic mass is 15.4. The summed E-state index contributed by atoms with van der Waals surface area (Å²) in [7, 11) is 1.91. The molecule has 0 unspecified atom stereocenters. The SMILES string of the molecule is Cn1cc(Cn2cc(CCCCN)nn2)cn1. The standard InChI is InChI=1S/C11H18N6/c1-16-7-10(6-13-16)8-17-9-11(14-15-17)4-2-3-5-12/h6-7,9H,2-5,8,12H2,1H3. The van der Waals surface area contributed by atoms with Gasteiger partial charge in [0.25, 0.3) is 0 Å². The van der Waals surface area contributed by atoms with Crippen molar-refractivity contribution in [2.45, 2.75) is 25.8 Å². The fourth-order valence-corrected chi connectivity index (χ4v) is 1.72. The largest absolute Gasteiger partial charge is 0.330 e. The van der Waals surface area contributed by atoms with Crippen LogP contribution in [0, 0.1) is 0 Å². The Morgan fingerprint density at radius 1 is 1.29 bits per heavy atom. The summed E-state index contributed by atoms with van der Waals surface area (Å²) in [6.45, 7) is 1.46. The van der Waals surface area contributed by atoms with Gasteiger partial charge in [-0.25, -0.2) is 4.68 Å². The third kappa shape index (κ3) is 3.39. The van der Waals surface area contributed by atoms with Gasteiger partial charge in [-0.2, -0.15) is 5.10 Å². The Morgan fingerprint density at radius 2 is 2.18 bits per heavy atom. The van der Waals surface area contributed by atoms with Gasteiger partial charge in [0.05, 0.1) is 18.4 Å². The summed E-state index contributed by atoms with van der Waals surface area (Å²) in [4.78, 5) is 0. The Hall–Kier alpha value is -1.69. The highest BCUT2D eigenvalue weighted by Crippen LogP contribution is 2.03. The van der Waals surface area contributed by atoms with E-state index in [-0.39, 0.29) is 0 Å². The highest BCUT2D eigenvalue weighted by molar-refractivity contribution is 5.04. The average Bonchev–Trinajstić information content (AvgIpc) is 2.90. The zero-order valence-electron chi connectivity index (χ0n) is 10.1. The van der Waals surface area contributed by atoms with Gasteiger partial charge < -0.3 is 5.73 Å². The number of aryl methyl sites for hydroxylation is 2. The Morgan fingerprint density at radius 3 is 2.88 bits per heavy atom. The molecular weight excluding hydrogens is 216 g/mol. The molecule has 0 aliphatic heterocycles. The van der Waals surface area contributed by atoms with Crippen molar-refractivity contribution in [3.63, 3.8) is 0 Å². The molecule has 0 aromatic carbocycles. The van der Waals surface area contributed by atoms with E-state index >= 15 is 0 Å². The molecule has 6 heteroatoms. The van der Waals surface area contributed by atoms with E-state index in [1.165, 1.54) is 0 Å². The third-order valence-electron chi connectivity index (χ3n) is 2.58. The minimum Gasteiger partial charge on any atom is -0.330 e. The van der Waals surface area contributed by atoms with Gasteiger partial charge in [-0.05, 0) is 25.8 Å². The molecular formula is C11H18N6. The summed E-state index contributed by atoms with van der Waals surface area (Å²) in [5, 5.41) is 12.4. The van der Waals surface area contributed by atoms with Crippen LogP contribution in [0.2, 0.25) is 0 Å². The summed E-state index contributed by atoms with van der Waals surface area (Å²) in [6.07, 6.45) is 8.87. The number of nitrogens with zero attached hydrogens (tertiary/aromatic N) is 5. The van der Waals surface area contributed by atoms with Crippen LogP contribution >= 0.6 is 0 Å². The van der Waals surface area contributed by atoms with Crippen LogP contribution < -0.4 is 5.73 Å². The second kappa shape index (κ2) is 5.58. The van der Waals surface area contributed by atoms with Crippen molar-refractivity contribution >= 4 is 0 Å². The quantitative estimate of drug-likeness (QED) is 0.731. The number of aromatic nitrogens is 5. The number of hydrogen-bond donors (Lipinski definition) is 1. The number of unbranched alkanes of at least 4 members (excludes halogenated alkanes) is 1. The Bertz CT molecular complexity index is 458. The zero-order chi connectivity index (χ0) is 12.1. The number of nitrogens with two attached hydrogens (primary N) is 1. The smallest absolute Gasteiger partial charge is 0.0827 e. The molecule has 2 heterocycles. The molecule has 0 bridgehead atoms. The maximum absolute atomic E-state index is 5.45. The molecule has 2 rings (SSSR count). The van der Waals surface area contributed by atoms with Crippen LogP contribution in [0.15, 0.2) is 18.6 Å². The summed E-state index contributed by atoms with van der Waals surface area (Å²) in [5.74, 6) is 0. The van der Waals surface area contributed by atoms with Crippen molar-refractivity contribution < 1.29 is 0 Å². The molecule has 17 heavy (non-hydrogen) atoms. The molecule has 0 aliphatic rings. The lowest BCUT2D eigenvalue weighted by atomic mass is 10.2. The topological polar surface area (TPSA) is 74.5 Å². The van der Waals surface area contributed by atoms with Crippen LogP contribution in [0.5, 0.6) is 0 Å². The summed E-state index contributed by atoms with van der Waals surface area (Å²) in [5.41, 5.74) is 7.61. The van der Waals surface area contributed by atoms with Gasteiger partial charge in [0.15, 0.2) is 0 Å². The maximum Gasteiger partial charge on any atom is 0.0827 e. The molecule has 0 aliphatic carbocycles. The van der Waals surface area contributed by atoms with E-state index in [0.29, 0.717) is 0 Å². The van der Waals surface area contributed by atoms with Crippen LogP contribution in [0.4, 0.5) is 0 Å². The number of rotatable bonds is 6. The third-order valence-corrected chi connectivity index (χ3v) is 2.58. The summed E-state index contributed by atoms with van der Waals surface area (Å²) >= 11 is 0. The van der Waals surface area contributed by atoms with Gasteiger partial charge in [-0.1, -0.05) is 5.21 Å².